The Balaban J connectivity index is 2.18. The van der Waals surface area contributed by atoms with E-state index in [0.29, 0.717) is 18.9 Å². The molecule has 0 radical (unpaired) electrons. The van der Waals surface area contributed by atoms with Crippen LogP contribution in [0.2, 0.25) is 0 Å². The molecule has 0 spiro atoms. The van der Waals surface area contributed by atoms with Gasteiger partial charge in [0.05, 0.1) is 12.7 Å². The standard InChI is InChI=1S/C15H20N2O2/c1-10(2)18-6-7-19-15-5-4-14(16)13-9-17-11(3)8-12(13)15/h4-5,8-10H,6-7,16H2,1-3H3. The lowest BCUT2D eigenvalue weighted by Crippen LogP contribution is -2.11. The minimum absolute atomic E-state index is 0.221. The van der Waals surface area contributed by atoms with Gasteiger partial charge in [-0.25, -0.2) is 0 Å². The van der Waals surface area contributed by atoms with Gasteiger partial charge in [-0.3, -0.25) is 4.98 Å². The van der Waals surface area contributed by atoms with Gasteiger partial charge < -0.3 is 15.2 Å². The predicted octanol–water partition coefficient (Wildman–Crippen LogP) is 2.93. The van der Waals surface area contributed by atoms with Crippen molar-refractivity contribution in [2.24, 2.45) is 0 Å². The van der Waals surface area contributed by atoms with E-state index >= 15 is 0 Å². The number of nitrogen functional groups attached to an aromatic ring is 1. The highest BCUT2D eigenvalue weighted by Gasteiger charge is 2.06. The van der Waals surface area contributed by atoms with Crippen molar-refractivity contribution in [3.8, 4) is 5.75 Å². The second kappa shape index (κ2) is 5.89. The van der Waals surface area contributed by atoms with E-state index in [0.717, 1.165) is 22.2 Å². The molecule has 0 amide bonds. The van der Waals surface area contributed by atoms with Gasteiger partial charge in [-0.1, -0.05) is 0 Å². The topological polar surface area (TPSA) is 57.4 Å². The minimum Gasteiger partial charge on any atom is -0.491 e. The zero-order chi connectivity index (χ0) is 13.8. The first kappa shape index (κ1) is 13.6. The first-order valence-electron chi connectivity index (χ1n) is 6.47. The zero-order valence-electron chi connectivity index (χ0n) is 11.6. The largest absolute Gasteiger partial charge is 0.491 e. The SMILES string of the molecule is Cc1cc2c(OCCOC(C)C)ccc(N)c2cn1. The van der Waals surface area contributed by atoms with Gasteiger partial charge in [0.15, 0.2) is 0 Å². The molecule has 0 aliphatic carbocycles. The maximum Gasteiger partial charge on any atom is 0.127 e. The number of nitrogens with two attached hydrogens (primary N) is 1. The van der Waals surface area contributed by atoms with Crippen molar-refractivity contribution in [2.75, 3.05) is 18.9 Å². The van der Waals surface area contributed by atoms with Crippen LogP contribution in [0, 0.1) is 6.92 Å². The molecule has 2 aromatic rings. The Hall–Kier alpha value is -1.81. The molecule has 102 valence electrons. The van der Waals surface area contributed by atoms with Crippen LogP contribution in [-0.2, 0) is 4.74 Å². The fourth-order valence-electron chi connectivity index (χ4n) is 1.90. The third kappa shape index (κ3) is 3.35. The highest BCUT2D eigenvalue weighted by molar-refractivity contribution is 5.96. The third-order valence-electron chi connectivity index (χ3n) is 2.82. The molecule has 0 unspecified atom stereocenters. The Kier molecular flexibility index (Phi) is 4.22. The molecular weight excluding hydrogens is 240 g/mol. The number of nitrogens with zero attached hydrogens (tertiary/aromatic N) is 1. The summed E-state index contributed by atoms with van der Waals surface area (Å²) in [6.07, 6.45) is 2.01. The monoisotopic (exact) mass is 260 g/mol. The molecule has 4 nitrogen and oxygen atoms in total. The van der Waals surface area contributed by atoms with Gasteiger partial charge in [0.1, 0.15) is 12.4 Å². The first-order chi connectivity index (χ1) is 9.08. The molecule has 2 rings (SSSR count). The van der Waals surface area contributed by atoms with Crippen LogP contribution in [0.5, 0.6) is 5.75 Å². The number of fused-ring (bicyclic) bond motifs is 1. The van der Waals surface area contributed by atoms with Gasteiger partial charge in [0, 0.05) is 28.4 Å². The number of rotatable bonds is 5. The maximum absolute atomic E-state index is 5.95. The molecule has 0 fully saturated rings. The summed E-state index contributed by atoms with van der Waals surface area (Å²) in [6.45, 7) is 7.07. The maximum atomic E-state index is 5.95. The van der Waals surface area contributed by atoms with E-state index in [1.807, 2.05) is 39.0 Å². The smallest absolute Gasteiger partial charge is 0.127 e. The summed E-state index contributed by atoms with van der Waals surface area (Å²) >= 11 is 0. The summed E-state index contributed by atoms with van der Waals surface area (Å²) in [5, 5.41) is 1.92. The zero-order valence-corrected chi connectivity index (χ0v) is 11.6. The molecule has 4 heteroatoms. The molecule has 0 atom stereocenters. The molecular formula is C15H20N2O2. The van der Waals surface area contributed by atoms with Crippen LogP contribution in [0.1, 0.15) is 19.5 Å². The number of anilines is 1. The number of pyridine rings is 1. The van der Waals surface area contributed by atoms with Crippen molar-refractivity contribution in [3.05, 3.63) is 30.1 Å². The van der Waals surface area contributed by atoms with Gasteiger partial charge in [-0.05, 0) is 39.0 Å². The lowest BCUT2D eigenvalue weighted by molar-refractivity contribution is 0.0556. The average molecular weight is 260 g/mol. The lowest BCUT2D eigenvalue weighted by atomic mass is 10.1. The Morgan fingerprint density at radius 2 is 2.00 bits per heavy atom. The summed E-state index contributed by atoms with van der Waals surface area (Å²) < 4.78 is 11.2. The molecule has 0 saturated heterocycles. The number of ether oxygens (including phenoxy) is 2. The lowest BCUT2D eigenvalue weighted by Gasteiger charge is -2.12. The molecule has 1 heterocycles. The predicted molar refractivity (Wildman–Crippen MR) is 77.5 cm³/mol. The molecule has 2 N–H and O–H groups in total. The highest BCUT2D eigenvalue weighted by Crippen LogP contribution is 2.30. The fourth-order valence-corrected chi connectivity index (χ4v) is 1.90. The number of aromatic nitrogens is 1. The summed E-state index contributed by atoms with van der Waals surface area (Å²) in [7, 11) is 0. The van der Waals surface area contributed by atoms with Crippen LogP contribution in [0.4, 0.5) is 5.69 Å². The van der Waals surface area contributed by atoms with Crippen molar-refractivity contribution in [3.63, 3.8) is 0 Å². The second-order valence-electron chi connectivity index (χ2n) is 4.79. The average Bonchev–Trinajstić information content (AvgIpc) is 2.36. The third-order valence-corrected chi connectivity index (χ3v) is 2.82. The summed E-state index contributed by atoms with van der Waals surface area (Å²) in [5.41, 5.74) is 7.61. The fraction of sp³-hybridized carbons (Fsp3) is 0.400. The van der Waals surface area contributed by atoms with Crippen molar-refractivity contribution in [1.82, 2.24) is 4.98 Å². The van der Waals surface area contributed by atoms with E-state index < -0.39 is 0 Å². The number of hydrogen-bond donors (Lipinski definition) is 1. The van der Waals surface area contributed by atoms with E-state index in [9.17, 15) is 0 Å². The highest BCUT2D eigenvalue weighted by atomic mass is 16.5. The van der Waals surface area contributed by atoms with Crippen LogP contribution in [0.15, 0.2) is 24.4 Å². The number of hydrogen-bond acceptors (Lipinski definition) is 4. The molecule has 1 aromatic carbocycles. The van der Waals surface area contributed by atoms with Gasteiger partial charge in [0.25, 0.3) is 0 Å². The molecule has 0 aliphatic rings. The van der Waals surface area contributed by atoms with Crippen molar-refractivity contribution in [2.45, 2.75) is 26.9 Å². The van der Waals surface area contributed by atoms with E-state index in [-0.39, 0.29) is 6.10 Å². The Bertz CT molecular complexity index is 567. The van der Waals surface area contributed by atoms with Gasteiger partial charge in [-0.15, -0.1) is 0 Å². The molecule has 0 bridgehead atoms. The summed E-state index contributed by atoms with van der Waals surface area (Å²) in [6, 6.07) is 5.73. The van der Waals surface area contributed by atoms with Gasteiger partial charge in [0.2, 0.25) is 0 Å². The van der Waals surface area contributed by atoms with Gasteiger partial charge in [-0.2, -0.15) is 0 Å². The second-order valence-corrected chi connectivity index (χ2v) is 4.79. The molecule has 0 saturated carbocycles. The van der Waals surface area contributed by atoms with Gasteiger partial charge >= 0.3 is 0 Å². The molecule has 19 heavy (non-hydrogen) atoms. The van der Waals surface area contributed by atoms with E-state index in [4.69, 9.17) is 15.2 Å². The quantitative estimate of drug-likeness (QED) is 0.663. The molecule has 1 aromatic heterocycles. The van der Waals surface area contributed by atoms with Crippen molar-refractivity contribution >= 4 is 16.5 Å². The van der Waals surface area contributed by atoms with Crippen LogP contribution in [-0.4, -0.2) is 24.3 Å². The minimum atomic E-state index is 0.221. The van der Waals surface area contributed by atoms with E-state index in [1.54, 1.807) is 6.20 Å². The van der Waals surface area contributed by atoms with Crippen LogP contribution < -0.4 is 10.5 Å². The van der Waals surface area contributed by atoms with Crippen LogP contribution >= 0.6 is 0 Å². The normalized spacial score (nSPS) is 11.2. The Morgan fingerprint density at radius 1 is 1.21 bits per heavy atom. The first-order valence-corrected chi connectivity index (χ1v) is 6.47. The Labute approximate surface area is 113 Å². The summed E-state index contributed by atoms with van der Waals surface area (Å²) in [4.78, 5) is 4.27. The van der Waals surface area contributed by atoms with Crippen LogP contribution in [0.25, 0.3) is 10.8 Å². The molecule has 0 aliphatic heterocycles. The van der Waals surface area contributed by atoms with E-state index in [2.05, 4.69) is 4.98 Å². The Morgan fingerprint density at radius 3 is 2.74 bits per heavy atom. The number of benzene rings is 1. The van der Waals surface area contributed by atoms with Crippen LogP contribution in [0.3, 0.4) is 0 Å². The van der Waals surface area contributed by atoms with Crippen molar-refractivity contribution < 1.29 is 9.47 Å². The number of aryl methyl sites for hydroxylation is 1. The van der Waals surface area contributed by atoms with E-state index in [1.165, 1.54) is 0 Å². The van der Waals surface area contributed by atoms with Crippen molar-refractivity contribution in [1.29, 1.82) is 0 Å². The summed E-state index contributed by atoms with van der Waals surface area (Å²) in [5.74, 6) is 0.821.